The fourth-order valence-electron chi connectivity index (χ4n) is 2.72. The molecule has 1 aromatic carbocycles. The predicted octanol–water partition coefficient (Wildman–Crippen LogP) is 2.30. The Morgan fingerprint density at radius 1 is 1.30 bits per heavy atom. The van der Waals surface area contributed by atoms with Crippen LogP contribution in [-0.4, -0.2) is 32.2 Å². The average molecular weight is 343 g/mol. The lowest BCUT2D eigenvalue weighted by Gasteiger charge is -2.29. The van der Waals surface area contributed by atoms with Crippen LogP contribution in [0.2, 0.25) is 0 Å². The fraction of sp³-hybridized carbons (Fsp3) is 0.588. The molecule has 1 aliphatic carbocycles. The maximum atomic E-state index is 12.2. The van der Waals surface area contributed by atoms with Gasteiger partial charge < -0.3 is 20.5 Å². The van der Waals surface area contributed by atoms with Crippen LogP contribution in [0, 0.1) is 5.92 Å². The minimum Gasteiger partial charge on any atom is -0.493 e. The molecule has 0 saturated heterocycles. The highest BCUT2D eigenvalue weighted by molar-refractivity contribution is 5.85. The van der Waals surface area contributed by atoms with E-state index in [0.29, 0.717) is 36.8 Å². The van der Waals surface area contributed by atoms with Crippen LogP contribution in [0.4, 0.5) is 0 Å². The normalized spacial score (nSPS) is 16.0. The molecule has 23 heavy (non-hydrogen) atoms. The molecule has 0 radical (unpaired) electrons. The van der Waals surface area contributed by atoms with Gasteiger partial charge in [-0.2, -0.15) is 0 Å². The summed E-state index contributed by atoms with van der Waals surface area (Å²) in [6, 6.07) is 5.73. The summed E-state index contributed by atoms with van der Waals surface area (Å²) in [6.07, 6.45) is 3.42. The van der Waals surface area contributed by atoms with E-state index in [1.165, 1.54) is 0 Å². The van der Waals surface area contributed by atoms with Gasteiger partial charge in [0.15, 0.2) is 11.5 Å². The van der Waals surface area contributed by atoms with Crippen LogP contribution in [0.1, 0.15) is 31.7 Å². The number of nitrogens with one attached hydrogen (secondary N) is 1. The molecule has 1 atom stereocenters. The molecule has 1 saturated carbocycles. The number of hydrogen-bond acceptors (Lipinski definition) is 4. The van der Waals surface area contributed by atoms with Crippen molar-refractivity contribution in [3.8, 4) is 11.5 Å². The zero-order valence-corrected chi connectivity index (χ0v) is 14.9. The summed E-state index contributed by atoms with van der Waals surface area (Å²) in [6.45, 7) is 2.53. The van der Waals surface area contributed by atoms with Crippen molar-refractivity contribution in [3.63, 3.8) is 0 Å². The Morgan fingerprint density at radius 3 is 2.48 bits per heavy atom. The molecule has 0 aliphatic heterocycles. The fourth-order valence-corrected chi connectivity index (χ4v) is 2.72. The number of nitrogens with two attached hydrogens (primary N) is 1. The van der Waals surface area contributed by atoms with Crippen molar-refractivity contribution in [1.29, 1.82) is 0 Å². The minimum absolute atomic E-state index is 0. The first-order valence-electron chi connectivity index (χ1n) is 7.74. The van der Waals surface area contributed by atoms with Crippen molar-refractivity contribution in [2.24, 2.45) is 11.7 Å². The summed E-state index contributed by atoms with van der Waals surface area (Å²) >= 11 is 0. The van der Waals surface area contributed by atoms with Gasteiger partial charge in [-0.3, -0.25) is 4.79 Å². The second kappa shape index (κ2) is 8.41. The second-order valence-electron chi connectivity index (χ2n) is 6.13. The molecule has 2 rings (SSSR count). The summed E-state index contributed by atoms with van der Waals surface area (Å²) in [4.78, 5) is 12.2. The topological polar surface area (TPSA) is 73.6 Å². The van der Waals surface area contributed by atoms with E-state index < -0.39 is 0 Å². The molecule has 3 N–H and O–H groups in total. The first-order chi connectivity index (χ1) is 10.5. The molecule has 1 aromatic rings. The molecular formula is C17H27ClN2O3. The Bertz CT molecular complexity index is 535. The third kappa shape index (κ3) is 5.01. The van der Waals surface area contributed by atoms with E-state index in [0.717, 1.165) is 18.4 Å². The van der Waals surface area contributed by atoms with Crippen LogP contribution in [0.25, 0.3) is 0 Å². The number of amides is 1. The van der Waals surface area contributed by atoms with E-state index >= 15 is 0 Å². The van der Waals surface area contributed by atoms with E-state index in [4.69, 9.17) is 15.2 Å². The quantitative estimate of drug-likeness (QED) is 0.760. The van der Waals surface area contributed by atoms with Gasteiger partial charge in [0, 0.05) is 13.0 Å². The second-order valence-corrected chi connectivity index (χ2v) is 6.13. The number of aryl methyl sites for hydroxylation is 1. The van der Waals surface area contributed by atoms with Crippen LogP contribution in [-0.2, 0) is 11.2 Å². The minimum atomic E-state index is -0.255. The Hall–Kier alpha value is -1.46. The van der Waals surface area contributed by atoms with E-state index in [9.17, 15) is 4.79 Å². The number of rotatable bonds is 8. The number of carbonyl (C=O) groups is 1. The molecule has 0 aromatic heterocycles. The number of halogens is 1. The largest absolute Gasteiger partial charge is 0.493 e. The van der Waals surface area contributed by atoms with Crippen LogP contribution in [0.5, 0.6) is 11.5 Å². The Labute approximate surface area is 144 Å². The Kier molecular flexibility index (Phi) is 7.16. The maximum Gasteiger partial charge on any atom is 0.220 e. The standard InChI is InChI=1S/C17H26N2O3.ClH/c1-17(11-18,13-6-7-13)19-16(20)9-5-12-4-8-14(21-2)15(10-12)22-3;/h4,8,10,13H,5-7,9,11,18H2,1-3H3,(H,19,20);1H. The van der Waals surface area contributed by atoms with Crippen LogP contribution >= 0.6 is 12.4 Å². The third-order valence-corrected chi connectivity index (χ3v) is 4.42. The third-order valence-electron chi connectivity index (χ3n) is 4.42. The summed E-state index contributed by atoms with van der Waals surface area (Å²) in [7, 11) is 3.22. The van der Waals surface area contributed by atoms with Crippen molar-refractivity contribution in [1.82, 2.24) is 5.32 Å². The summed E-state index contributed by atoms with van der Waals surface area (Å²) in [5, 5.41) is 3.11. The number of methoxy groups -OCH3 is 2. The molecule has 0 bridgehead atoms. The van der Waals surface area contributed by atoms with Gasteiger partial charge in [0.2, 0.25) is 5.91 Å². The zero-order chi connectivity index (χ0) is 16.2. The molecule has 6 heteroatoms. The lowest BCUT2D eigenvalue weighted by atomic mass is 9.95. The monoisotopic (exact) mass is 342 g/mol. The van der Waals surface area contributed by atoms with Crippen molar-refractivity contribution in [2.75, 3.05) is 20.8 Å². The van der Waals surface area contributed by atoms with Gasteiger partial charge in [-0.1, -0.05) is 6.07 Å². The Morgan fingerprint density at radius 2 is 1.96 bits per heavy atom. The van der Waals surface area contributed by atoms with E-state index in [2.05, 4.69) is 5.32 Å². The summed E-state index contributed by atoms with van der Waals surface area (Å²) < 4.78 is 10.5. The van der Waals surface area contributed by atoms with E-state index in [1.54, 1.807) is 14.2 Å². The van der Waals surface area contributed by atoms with E-state index in [-0.39, 0.29) is 23.9 Å². The molecule has 130 valence electrons. The molecule has 0 heterocycles. The summed E-state index contributed by atoms with van der Waals surface area (Å²) in [5.41, 5.74) is 6.62. The first kappa shape index (κ1) is 19.6. The lowest BCUT2D eigenvalue weighted by molar-refractivity contribution is -0.123. The lowest BCUT2D eigenvalue weighted by Crippen LogP contribution is -2.53. The molecule has 0 spiro atoms. The number of carbonyl (C=O) groups excluding carboxylic acids is 1. The number of hydrogen-bond donors (Lipinski definition) is 2. The zero-order valence-electron chi connectivity index (χ0n) is 14.1. The maximum absolute atomic E-state index is 12.2. The van der Waals surface area contributed by atoms with Crippen LogP contribution in [0.3, 0.4) is 0 Å². The predicted molar refractivity (Wildman–Crippen MR) is 93.4 cm³/mol. The van der Waals surface area contributed by atoms with Crippen LogP contribution in [0.15, 0.2) is 18.2 Å². The van der Waals surface area contributed by atoms with Gasteiger partial charge in [0.25, 0.3) is 0 Å². The van der Waals surface area contributed by atoms with Crippen molar-refractivity contribution >= 4 is 18.3 Å². The van der Waals surface area contributed by atoms with Gasteiger partial charge in [-0.05, 0) is 49.8 Å². The van der Waals surface area contributed by atoms with Gasteiger partial charge in [0.1, 0.15) is 0 Å². The van der Waals surface area contributed by atoms with Gasteiger partial charge in [0.05, 0.1) is 19.8 Å². The smallest absolute Gasteiger partial charge is 0.220 e. The molecule has 1 aliphatic rings. The molecule has 1 fully saturated rings. The number of benzene rings is 1. The first-order valence-corrected chi connectivity index (χ1v) is 7.74. The van der Waals surface area contributed by atoms with Crippen molar-refractivity contribution < 1.29 is 14.3 Å². The SMILES string of the molecule is COc1ccc(CCC(=O)NC(C)(CN)C2CC2)cc1OC.Cl. The van der Waals surface area contributed by atoms with Gasteiger partial charge >= 0.3 is 0 Å². The Balaban J connectivity index is 0.00000264. The molecule has 1 unspecified atom stereocenters. The highest BCUT2D eigenvalue weighted by atomic mass is 35.5. The molecular weight excluding hydrogens is 316 g/mol. The highest BCUT2D eigenvalue weighted by Crippen LogP contribution is 2.39. The van der Waals surface area contributed by atoms with Crippen molar-refractivity contribution in [2.45, 2.75) is 38.1 Å². The van der Waals surface area contributed by atoms with Gasteiger partial charge in [-0.15, -0.1) is 12.4 Å². The average Bonchev–Trinajstić information content (AvgIpc) is 3.37. The van der Waals surface area contributed by atoms with E-state index in [1.807, 2.05) is 25.1 Å². The van der Waals surface area contributed by atoms with Crippen molar-refractivity contribution in [3.05, 3.63) is 23.8 Å². The highest BCUT2D eigenvalue weighted by Gasteiger charge is 2.41. The molecule has 5 nitrogen and oxygen atoms in total. The van der Waals surface area contributed by atoms with Crippen LogP contribution < -0.4 is 20.5 Å². The number of ether oxygens (including phenoxy) is 2. The summed E-state index contributed by atoms with van der Waals surface area (Å²) in [5.74, 6) is 1.96. The van der Waals surface area contributed by atoms with Gasteiger partial charge in [-0.25, -0.2) is 0 Å². The molecule has 1 amide bonds.